The summed E-state index contributed by atoms with van der Waals surface area (Å²) in [6.07, 6.45) is 0. The fourth-order valence-corrected chi connectivity index (χ4v) is 4.05. The van der Waals surface area contributed by atoms with E-state index >= 15 is 0 Å². The minimum Gasteiger partial charge on any atom is -0.334 e. The number of aromatic nitrogens is 2. The number of sulfonamides is 1. The van der Waals surface area contributed by atoms with Crippen molar-refractivity contribution in [2.24, 2.45) is 0 Å². The second kappa shape index (κ2) is 9.76. The van der Waals surface area contributed by atoms with E-state index in [1.165, 1.54) is 7.05 Å². The Morgan fingerprint density at radius 2 is 1.65 bits per heavy atom. The molecule has 0 aliphatic heterocycles. The van der Waals surface area contributed by atoms with Gasteiger partial charge in [-0.15, -0.1) is 0 Å². The number of nitrogens with one attached hydrogen (secondary N) is 3. The first kappa shape index (κ1) is 22.5. The Balaban J connectivity index is 1.58. The summed E-state index contributed by atoms with van der Waals surface area (Å²) in [5, 5.41) is 10.3. The van der Waals surface area contributed by atoms with Crippen LogP contribution in [0, 0.1) is 13.8 Å². The van der Waals surface area contributed by atoms with Crippen molar-refractivity contribution < 1.29 is 13.2 Å². The molecule has 0 bridgehead atoms. The summed E-state index contributed by atoms with van der Waals surface area (Å²) in [5.74, 6) is -0.104. The average molecular weight is 442 g/mol. The highest BCUT2D eigenvalue weighted by atomic mass is 32.2. The van der Waals surface area contributed by atoms with Crippen LogP contribution in [-0.4, -0.2) is 31.3 Å². The van der Waals surface area contributed by atoms with E-state index < -0.39 is 10.0 Å². The maximum absolute atomic E-state index is 12.3. The van der Waals surface area contributed by atoms with Gasteiger partial charge >= 0.3 is 6.03 Å². The van der Waals surface area contributed by atoms with Crippen LogP contribution >= 0.6 is 0 Å². The highest BCUT2D eigenvalue weighted by Gasteiger charge is 2.14. The largest absolute Gasteiger partial charge is 0.334 e. The molecule has 3 rings (SSSR count). The average Bonchev–Trinajstić information content (AvgIpc) is 3.05. The summed E-state index contributed by atoms with van der Waals surface area (Å²) < 4.78 is 27.6. The zero-order valence-corrected chi connectivity index (χ0v) is 18.7. The first-order chi connectivity index (χ1) is 14.8. The standard InChI is InChI=1S/C22H27N5O3S/c1-16-21(17(2)27(26-16)20-10-5-4-6-11-20)14-25-22(28)24-13-18-8-7-9-19(12-18)15-31(29,30)23-3/h4-12,23H,13-15H2,1-3H3,(H2,24,25,28). The molecule has 0 spiro atoms. The van der Waals surface area contributed by atoms with Crippen molar-refractivity contribution in [1.29, 1.82) is 0 Å². The van der Waals surface area contributed by atoms with Crippen molar-refractivity contribution in [3.8, 4) is 5.69 Å². The number of urea groups is 1. The van der Waals surface area contributed by atoms with Crippen LogP contribution < -0.4 is 15.4 Å². The molecule has 164 valence electrons. The Bertz CT molecular complexity index is 1160. The number of amides is 2. The number of benzene rings is 2. The van der Waals surface area contributed by atoms with Gasteiger partial charge in [0.15, 0.2) is 0 Å². The van der Waals surface area contributed by atoms with Crippen LogP contribution in [0.5, 0.6) is 0 Å². The lowest BCUT2D eigenvalue weighted by molar-refractivity contribution is 0.240. The predicted molar refractivity (Wildman–Crippen MR) is 120 cm³/mol. The van der Waals surface area contributed by atoms with E-state index in [0.717, 1.165) is 28.2 Å². The number of carbonyl (C=O) groups is 1. The predicted octanol–water partition coefficient (Wildman–Crippen LogP) is 2.54. The molecule has 0 saturated carbocycles. The summed E-state index contributed by atoms with van der Waals surface area (Å²) in [6, 6.07) is 16.7. The fourth-order valence-electron chi connectivity index (χ4n) is 3.29. The van der Waals surface area contributed by atoms with Crippen molar-refractivity contribution in [2.75, 3.05) is 7.05 Å². The van der Waals surface area contributed by atoms with Gasteiger partial charge in [-0.3, -0.25) is 0 Å². The van der Waals surface area contributed by atoms with E-state index in [1.807, 2.05) is 54.9 Å². The molecule has 0 atom stereocenters. The fraction of sp³-hybridized carbons (Fsp3) is 0.273. The van der Waals surface area contributed by atoms with Crippen LogP contribution in [0.15, 0.2) is 54.6 Å². The van der Waals surface area contributed by atoms with Crippen LogP contribution in [0.1, 0.15) is 28.1 Å². The maximum atomic E-state index is 12.3. The van der Waals surface area contributed by atoms with Crippen LogP contribution in [0.2, 0.25) is 0 Å². The SMILES string of the molecule is CNS(=O)(=O)Cc1cccc(CNC(=O)NCc2c(C)nn(-c3ccccc3)c2C)c1. The minimum atomic E-state index is -3.34. The van der Waals surface area contributed by atoms with Gasteiger partial charge in [0, 0.05) is 24.3 Å². The highest BCUT2D eigenvalue weighted by molar-refractivity contribution is 7.88. The van der Waals surface area contributed by atoms with Crippen molar-refractivity contribution in [1.82, 2.24) is 25.1 Å². The number of nitrogens with zero attached hydrogens (tertiary/aromatic N) is 2. The molecule has 0 fully saturated rings. The number of hydrogen-bond donors (Lipinski definition) is 3. The molecular weight excluding hydrogens is 414 g/mol. The van der Waals surface area contributed by atoms with Gasteiger partial charge < -0.3 is 10.6 Å². The van der Waals surface area contributed by atoms with E-state index in [0.29, 0.717) is 18.7 Å². The minimum absolute atomic E-state index is 0.104. The Morgan fingerprint density at radius 3 is 2.35 bits per heavy atom. The molecule has 0 aliphatic carbocycles. The lowest BCUT2D eigenvalue weighted by Gasteiger charge is -2.10. The summed E-state index contributed by atoms with van der Waals surface area (Å²) in [5.41, 5.74) is 5.26. The molecule has 0 radical (unpaired) electrons. The molecule has 9 heteroatoms. The highest BCUT2D eigenvalue weighted by Crippen LogP contribution is 2.17. The van der Waals surface area contributed by atoms with Gasteiger partial charge in [-0.05, 0) is 44.2 Å². The van der Waals surface area contributed by atoms with E-state index in [9.17, 15) is 13.2 Å². The Labute approximate surface area is 182 Å². The molecule has 0 aliphatic rings. The molecule has 8 nitrogen and oxygen atoms in total. The number of hydrogen-bond acceptors (Lipinski definition) is 4. The smallest absolute Gasteiger partial charge is 0.315 e. The molecule has 2 aromatic carbocycles. The molecule has 1 heterocycles. The molecule has 31 heavy (non-hydrogen) atoms. The topological polar surface area (TPSA) is 105 Å². The van der Waals surface area contributed by atoms with E-state index in [2.05, 4.69) is 20.5 Å². The number of para-hydroxylation sites is 1. The molecule has 1 aromatic heterocycles. The summed E-state index contributed by atoms with van der Waals surface area (Å²) >= 11 is 0. The zero-order chi connectivity index (χ0) is 22.4. The zero-order valence-electron chi connectivity index (χ0n) is 17.8. The van der Waals surface area contributed by atoms with Crippen LogP contribution in [0.4, 0.5) is 4.79 Å². The normalized spacial score (nSPS) is 11.3. The van der Waals surface area contributed by atoms with Gasteiger partial charge in [0.05, 0.1) is 17.1 Å². The summed E-state index contributed by atoms with van der Waals surface area (Å²) in [4.78, 5) is 12.3. The van der Waals surface area contributed by atoms with Gasteiger partial charge in [0.25, 0.3) is 0 Å². The first-order valence-electron chi connectivity index (χ1n) is 9.90. The number of carbonyl (C=O) groups excluding carboxylic acids is 1. The quantitative estimate of drug-likeness (QED) is 0.500. The third-order valence-corrected chi connectivity index (χ3v) is 6.32. The summed E-state index contributed by atoms with van der Waals surface area (Å²) in [7, 11) is -1.96. The van der Waals surface area contributed by atoms with E-state index in [-0.39, 0.29) is 11.8 Å². The molecule has 3 aromatic rings. The van der Waals surface area contributed by atoms with Crippen LogP contribution in [0.25, 0.3) is 5.69 Å². The van der Waals surface area contributed by atoms with Crippen LogP contribution in [-0.2, 0) is 28.9 Å². The summed E-state index contributed by atoms with van der Waals surface area (Å²) in [6.45, 7) is 4.55. The Kier molecular flexibility index (Phi) is 7.09. The van der Waals surface area contributed by atoms with E-state index in [4.69, 9.17) is 0 Å². The van der Waals surface area contributed by atoms with Gasteiger partial charge in [-0.2, -0.15) is 5.10 Å². The van der Waals surface area contributed by atoms with Gasteiger partial charge in [-0.25, -0.2) is 22.6 Å². The lowest BCUT2D eigenvalue weighted by atomic mass is 10.1. The van der Waals surface area contributed by atoms with Crippen molar-refractivity contribution in [2.45, 2.75) is 32.7 Å². The number of rotatable bonds is 8. The molecule has 2 amide bonds. The van der Waals surface area contributed by atoms with Crippen molar-refractivity contribution in [3.05, 3.63) is 82.7 Å². The lowest BCUT2D eigenvalue weighted by Crippen LogP contribution is -2.34. The van der Waals surface area contributed by atoms with Crippen LogP contribution in [0.3, 0.4) is 0 Å². The molecular formula is C22H27N5O3S. The monoisotopic (exact) mass is 441 g/mol. The Hall–Kier alpha value is -3.17. The second-order valence-electron chi connectivity index (χ2n) is 7.22. The molecule has 0 unspecified atom stereocenters. The third kappa shape index (κ3) is 5.93. The number of aryl methyl sites for hydroxylation is 1. The molecule has 0 saturated heterocycles. The van der Waals surface area contributed by atoms with Crippen molar-refractivity contribution in [3.63, 3.8) is 0 Å². The Morgan fingerprint density at radius 1 is 0.968 bits per heavy atom. The maximum Gasteiger partial charge on any atom is 0.315 e. The second-order valence-corrected chi connectivity index (χ2v) is 9.14. The molecule has 3 N–H and O–H groups in total. The third-order valence-electron chi connectivity index (χ3n) is 4.98. The van der Waals surface area contributed by atoms with Crippen molar-refractivity contribution >= 4 is 16.1 Å². The van der Waals surface area contributed by atoms with Gasteiger partial charge in [0.1, 0.15) is 0 Å². The first-order valence-corrected chi connectivity index (χ1v) is 11.6. The van der Waals surface area contributed by atoms with E-state index in [1.54, 1.807) is 18.2 Å². The van der Waals surface area contributed by atoms with Gasteiger partial charge in [-0.1, -0.05) is 42.5 Å². The van der Waals surface area contributed by atoms with Gasteiger partial charge in [0.2, 0.25) is 10.0 Å².